The maximum Gasteiger partial charge on any atom is 0.238 e. The number of carbonyl (C=O) groups is 1. The van der Waals surface area contributed by atoms with Crippen molar-refractivity contribution >= 4 is 11.6 Å². The monoisotopic (exact) mass is 294 g/mol. The van der Waals surface area contributed by atoms with Crippen LogP contribution in [0.5, 0.6) is 5.75 Å². The van der Waals surface area contributed by atoms with Crippen LogP contribution in [0.15, 0.2) is 18.2 Å². The highest BCUT2D eigenvalue weighted by Crippen LogP contribution is 2.25. The zero-order chi connectivity index (χ0) is 15.2. The highest BCUT2D eigenvalue weighted by Gasteiger charge is 2.21. The summed E-state index contributed by atoms with van der Waals surface area (Å²) in [6, 6.07) is 5.65. The first-order valence-electron chi connectivity index (χ1n) is 7.01. The molecule has 1 atom stereocenters. The molecule has 116 valence electrons. The summed E-state index contributed by atoms with van der Waals surface area (Å²) in [5, 5.41) is 12.0. The Hall–Kier alpha value is -1.63. The number of ether oxygens (including phenoxy) is 2. The molecule has 1 aliphatic heterocycles. The number of carbonyl (C=O) groups excluding carboxylic acids is 1. The zero-order valence-corrected chi connectivity index (χ0v) is 12.5. The summed E-state index contributed by atoms with van der Waals surface area (Å²) in [7, 11) is 1.58. The van der Waals surface area contributed by atoms with E-state index in [0.29, 0.717) is 31.1 Å². The van der Waals surface area contributed by atoms with Crippen molar-refractivity contribution in [3.8, 4) is 5.75 Å². The van der Waals surface area contributed by atoms with E-state index in [0.717, 1.165) is 5.56 Å². The van der Waals surface area contributed by atoms with Crippen molar-refractivity contribution in [1.82, 2.24) is 4.90 Å². The first-order chi connectivity index (χ1) is 10.1. The Balaban J connectivity index is 1.94. The second-order valence-electron chi connectivity index (χ2n) is 5.16. The number of nitrogens with one attached hydrogen (secondary N) is 1. The Bertz CT molecular complexity index is 493. The normalized spacial score (nSPS) is 19.3. The highest BCUT2D eigenvalue weighted by atomic mass is 16.5. The predicted molar refractivity (Wildman–Crippen MR) is 79.6 cm³/mol. The summed E-state index contributed by atoms with van der Waals surface area (Å²) in [5.41, 5.74) is 1.73. The fraction of sp³-hybridized carbons (Fsp3) is 0.533. The molecule has 0 bridgehead atoms. The van der Waals surface area contributed by atoms with Crippen molar-refractivity contribution in [2.75, 3.05) is 45.3 Å². The van der Waals surface area contributed by atoms with Gasteiger partial charge < -0.3 is 19.9 Å². The van der Waals surface area contributed by atoms with E-state index < -0.39 is 0 Å². The van der Waals surface area contributed by atoms with Gasteiger partial charge in [-0.25, -0.2) is 0 Å². The molecule has 0 radical (unpaired) electrons. The lowest BCUT2D eigenvalue weighted by molar-refractivity contribution is -0.120. The number of amides is 1. The molecule has 1 heterocycles. The van der Waals surface area contributed by atoms with Crippen LogP contribution >= 0.6 is 0 Å². The molecule has 1 fully saturated rings. The lowest BCUT2D eigenvalue weighted by Gasteiger charge is -2.31. The first kappa shape index (κ1) is 15.8. The number of nitrogens with zero attached hydrogens (tertiary/aromatic N) is 1. The van der Waals surface area contributed by atoms with Crippen LogP contribution in [0, 0.1) is 6.92 Å². The standard InChI is InChI=1S/C15H22N2O4/c1-11-3-4-14(20-2)13(7-11)16-15(19)9-17-5-6-21-12(8-17)10-18/h3-4,7,12,18H,5-6,8-10H2,1-2H3,(H,16,19). The Morgan fingerprint density at radius 3 is 3.10 bits per heavy atom. The molecule has 6 heteroatoms. The van der Waals surface area contributed by atoms with Crippen molar-refractivity contribution in [2.45, 2.75) is 13.0 Å². The molecule has 1 aromatic rings. The van der Waals surface area contributed by atoms with E-state index in [9.17, 15) is 4.79 Å². The molecule has 2 rings (SSSR count). The van der Waals surface area contributed by atoms with Gasteiger partial charge in [0, 0.05) is 13.1 Å². The molecular formula is C15H22N2O4. The molecule has 1 saturated heterocycles. The van der Waals surface area contributed by atoms with Gasteiger partial charge in [0.1, 0.15) is 5.75 Å². The van der Waals surface area contributed by atoms with Crippen LogP contribution in [0.4, 0.5) is 5.69 Å². The molecule has 0 saturated carbocycles. The van der Waals surface area contributed by atoms with E-state index in [2.05, 4.69) is 5.32 Å². The van der Waals surface area contributed by atoms with E-state index in [1.165, 1.54) is 0 Å². The Labute approximate surface area is 124 Å². The second kappa shape index (κ2) is 7.40. The van der Waals surface area contributed by atoms with Gasteiger partial charge in [-0.1, -0.05) is 6.07 Å². The van der Waals surface area contributed by atoms with Gasteiger partial charge in [0.25, 0.3) is 0 Å². The topological polar surface area (TPSA) is 71.0 Å². The molecule has 0 aliphatic carbocycles. The third-order valence-corrected chi connectivity index (χ3v) is 3.42. The first-order valence-corrected chi connectivity index (χ1v) is 7.01. The molecular weight excluding hydrogens is 272 g/mol. The van der Waals surface area contributed by atoms with Crippen LogP contribution in [-0.2, 0) is 9.53 Å². The van der Waals surface area contributed by atoms with Crippen LogP contribution < -0.4 is 10.1 Å². The molecule has 1 aliphatic rings. The number of methoxy groups -OCH3 is 1. The summed E-state index contributed by atoms with van der Waals surface area (Å²) < 4.78 is 10.6. The van der Waals surface area contributed by atoms with Gasteiger partial charge in [-0.05, 0) is 24.6 Å². The van der Waals surface area contributed by atoms with Crippen LogP contribution in [0.25, 0.3) is 0 Å². The molecule has 6 nitrogen and oxygen atoms in total. The number of anilines is 1. The van der Waals surface area contributed by atoms with Crippen LogP contribution in [0.1, 0.15) is 5.56 Å². The Kier molecular flexibility index (Phi) is 5.55. The minimum absolute atomic E-state index is 0.0240. The predicted octanol–water partition coefficient (Wildman–Crippen LogP) is 0.635. The number of hydrogen-bond donors (Lipinski definition) is 2. The van der Waals surface area contributed by atoms with E-state index in [-0.39, 0.29) is 25.2 Å². The van der Waals surface area contributed by atoms with Crippen LogP contribution in [-0.4, -0.2) is 62.0 Å². The van der Waals surface area contributed by atoms with Gasteiger partial charge in [-0.15, -0.1) is 0 Å². The molecule has 2 N–H and O–H groups in total. The highest BCUT2D eigenvalue weighted by molar-refractivity contribution is 5.93. The molecule has 1 amide bonds. The third kappa shape index (κ3) is 4.42. The maximum atomic E-state index is 12.1. The zero-order valence-electron chi connectivity index (χ0n) is 12.5. The van der Waals surface area contributed by atoms with Crippen LogP contribution in [0.2, 0.25) is 0 Å². The summed E-state index contributed by atoms with van der Waals surface area (Å²) in [6.45, 7) is 4.00. The number of aryl methyl sites for hydroxylation is 1. The number of hydrogen-bond acceptors (Lipinski definition) is 5. The van der Waals surface area contributed by atoms with E-state index in [1.54, 1.807) is 7.11 Å². The summed E-state index contributed by atoms with van der Waals surface area (Å²) in [5.74, 6) is 0.543. The molecule has 21 heavy (non-hydrogen) atoms. The van der Waals surface area contributed by atoms with Crippen molar-refractivity contribution in [1.29, 1.82) is 0 Å². The van der Waals surface area contributed by atoms with Gasteiger partial charge in [0.2, 0.25) is 5.91 Å². The second-order valence-corrected chi connectivity index (χ2v) is 5.16. The minimum Gasteiger partial charge on any atom is -0.495 e. The van der Waals surface area contributed by atoms with E-state index in [1.807, 2.05) is 30.0 Å². The van der Waals surface area contributed by atoms with E-state index >= 15 is 0 Å². The van der Waals surface area contributed by atoms with Crippen molar-refractivity contribution in [3.63, 3.8) is 0 Å². The number of rotatable bonds is 5. The Morgan fingerprint density at radius 1 is 1.57 bits per heavy atom. The maximum absolute atomic E-state index is 12.1. The minimum atomic E-state index is -0.208. The average Bonchev–Trinajstić information content (AvgIpc) is 2.47. The summed E-state index contributed by atoms with van der Waals surface area (Å²) in [4.78, 5) is 14.1. The number of morpholine rings is 1. The van der Waals surface area contributed by atoms with Crippen LogP contribution in [0.3, 0.4) is 0 Å². The van der Waals surface area contributed by atoms with E-state index in [4.69, 9.17) is 14.6 Å². The van der Waals surface area contributed by atoms with Gasteiger partial charge in [0.15, 0.2) is 0 Å². The van der Waals surface area contributed by atoms with Crippen molar-refractivity contribution in [3.05, 3.63) is 23.8 Å². The number of aliphatic hydroxyl groups is 1. The number of benzene rings is 1. The van der Waals surface area contributed by atoms with Gasteiger partial charge in [-0.3, -0.25) is 9.69 Å². The van der Waals surface area contributed by atoms with Crippen molar-refractivity contribution < 1.29 is 19.4 Å². The van der Waals surface area contributed by atoms with Gasteiger partial charge in [0.05, 0.1) is 38.7 Å². The quantitative estimate of drug-likeness (QED) is 0.834. The van der Waals surface area contributed by atoms with Gasteiger partial charge >= 0.3 is 0 Å². The summed E-state index contributed by atoms with van der Waals surface area (Å²) in [6.07, 6.45) is -0.208. The largest absolute Gasteiger partial charge is 0.495 e. The fourth-order valence-corrected chi connectivity index (χ4v) is 2.35. The van der Waals surface area contributed by atoms with Gasteiger partial charge in [-0.2, -0.15) is 0 Å². The molecule has 1 aromatic carbocycles. The SMILES string of the molecule is COc1ccc(C)cc1NC(=O)CN1CCOC(CO)C1. The van der Waals surface area contributed by atoms with Crippen molar-refractivity contribution in [2.24, 2.45) is 0 Å². The average molecular weight is 294 g/mol. The molecule has 1 unspecified atom stereocenters. The smallest absolute Gasteiger partial charge is 0.238 e. The third-order valence-electron chi connectivity index (χ3n) is 3.42. The molecule has 0 aromatic heterocycles. The lowest BCUT2D eigenvalue weighted by atomic mass is 10.2. The number of aliphatic hydroxyl groups excluding tert-OH is 1. The Morgan fingerprint density at radius 2 is 2.38 bits per heavy atom. The lowest BCUT2D eigenvalue weighted by Crippen LogP contribution is -2.46. The fourth-order valence-electron chi connectivity index (χ4n) is 2.35. The molecule has 0 spiro atoms. The summed E-state index contributed by atoms with van der Waals surface area (Å²) >= 11 is 0.